The molecule has 1 fully saturated rings. The number of rotatable bonds is 2. The molecule has 158 valence electrons. The van der Waals surface area contributed by atoms with Crippen LogP contribution in [0.3, 0.4) is 0 Å². The van der Waals surface area contributed by atoms with Crippen molar-refractivity contribution >= 4 is 39.4 Å². The number of nitrogens with one attached hydrogen (secondary N) is 2. The summed E-state index contributed by atoms with van der Waals surface area (Å²) in [5, 5.41) is 9.61. The highest BCUT2D eigenvalue weighted by Gasteiger charge is 2.52. The summed E-state index contributed by atoms with van der Waals surface area (Å²) < 4.78 is 26.8. The fraction of sp³-hybridized carbons (Fsp3) is 0.238. The van der Waals surface area contributed by atoms with Gasteiger partial charge in [0.25, 0.3) is 10.8 Å². The zero-order chi connectivity index (χ0) is 22.1. The first kappa shape index (κ1) is 19.7. The van der Waals surface area contributed by atoms with Crippen molar-refractivity contribution in [3.63, 3.8) is 0 Å². The Labute approximate surface area is 178 Å². The summed E-state index contributed by atoms with van der Waals surface area (Å²) in [7, 11) is 0. The summed E-state index contributed by atoms with van der Waals surface area (Å²) in [6, 6.07) is 6.22. The van der Waals surface area contributed by atoms with E-state index >= 15 is 0 Å². The van der Waals surface area contributed by atoms with Gasteiger partial charge in [0.2, 0.25) is 5.91 Å². The molecule has 2 aliphatic heterocycles. The zero-order valence-corrected chi connectivity index (χ0v) is 17.2. The van der Waals surface area contributed by atoms with Gasteiger partial charge in [-0.25, -0.2) is 13.9 Å². The molecule has 1 aromatic heterocycles. The topological polar surface area (TPSA) is 95.2 Å². The van der Waals surface area contributed by atoms with Gasteiger partial charge in [-0.15, -0.1) is 0 Å². The minimum absolute atomic E-state index is 0.0565. The molecule has 3 aromatic rings. The van der Waals surface area contributed by atoms with Gasteiger partial charge >= 0.3 is 0 Å². The Balaban J connectivity index is 1.79. The van der Waals surface area contributed by atoms with E-state index in [0.717, 1.165) is 22.7 Å². The number of halogens is 2. The predicted molar refractivity (Wildman–Crippen MR) is 112 cm³/mol. The summed E-state index contributed by atoms with van der Waals surface area (Å²) in [5.74, 6) is -1.48. The molecule has 10 heteroatoms. The van der Waals surface area contributed by atoms with Crippen LogP contribution in [0.1, 0.15) is 37.2 Å². The molecular formula is C21H16F2N4O3S. The number of carbonyl (C=O) groups is 2. The molecule has 0 saturated carbocycles. The Morgan fingerprint density at radius 2 is 1.77 bits per heavy atom. The molecule has 2 aromatic carbocycles. The van der Waals surface area contributed by atoms with Crippen molar-refractivity contribution in [3.8, 4) is 0 Å². The number of imide groups is 1. The van der Waals surface area contributed by atoms with Crippen molar-refractivity contribution in [2.75, 3.05) is 5.32 Å². The van der Waals surface area contributed by atoms with Crippen molar-refractivity contribution in [3.05, 3.63) is 69.6 Å². The lowest BCUT2D eigenvalue weighted by atomic mass is 9.88. The van der Waals surface area contributed by atoms with Crippen LogP contribution in [-0.2, 0) is 4.79 Å². The monoisotopic (exact) mass is 442 g/mol. The standard InChI is InChI=1S/C21H16F2N4O3S/c1-21(2)19(29)27(20(30)31-21)17-15(9-3-5-10(22)6-4-9)24-13-8-11(23)7-12-14(13)16(17)25-26-18(12)28/h3-8,15,17,24H,1-2H3,(H,26,28). The van der Waals surface area contributed by atoms with Crippen LogP contribution < -0.4 is 10.9 Å². The number of amides is 2. The average molecular weight is 442 g/mol. The Bertz CT molecular complexity index is 1320. The number of hydrogen-bond acceptors (Lipinski definition) is 6. The SMILES string of the molecule is CC1(C)SC(=O)N(C2c3n[nH]c(=O)c4cc(F)cc(c34)NC2c2ccc(F)cc2)C1=O. The minimum atomic E-state index is -0.977. The number of thioether (sulfide) groups is 1. The third-order valence-electron chi connectivity index (χ3n) is 5.57. The second kappa shape index (κ2) is 6.61. The van der Waals surface area contributed by atoms with Crippen LogP contribution in [-0.4, -0.2) is 31.0 Å². The van der Waals surface area contributed by atoms with Gasteiger partial charge in [0.1, 0.15) is 17.7 Å². The maximum absolute atomic E-state index is 14.2. The maximum Gasteiger partial charge on any atom is 0.290 e. The molecule has 0 aliphatic carbocycles. The predicted octanol–water partition coefficient (Wildman–Crippen LogP) is 3.88. The molecule has 1 saturated heterocycles. The summed E-state index contributed by atoms with van der Waals surface area (Å²) in [4.78, 5) is 39.5. The first-order valence-corrected chi connectivity index (χ1v) is 10.3. The molecule has 7 nitrogen and oxygen atoms in total. The van der Waals surface area contributed by atoms with E-state index in [1.54, 1.807) is 13.8 Å². The van der Waals surface area contributed by atoms with Crippen LogP contribution in [0.4, 0.5) is 19.3 Å². The molecule has 31 heavy (non-hydrogen) atoms. The van der Waals surface area contributed by atoms with Gasteiger partial charge < -0.3 is 5.32 Å². The van der Waals surface area contributed by atoms with Crippen LogP contribution in [0.2, 0.25) is 0 Å². The number of aromatic amines is 1. The molecule has 3 heterocycles. The molecular weight excluding hydrogens is 426 g/mol. The van der Waals surface area contributed by atoms with Crippen molar-refractivity contribution in [2.24, 2.45) is 0 Å². The van der Waals surface area contributed by atoms with Gasteiger partial charge in [0, 0.05) is 11.1 Å². The molecule has 5 rings (SSSR count). The number of anilines is 1. The van der Waals surface area contributed by atoms with Crippen LogP contribution in [0.15, 0.2) is 41.2 Å². The van der Waals surface area contributed by atoms with Gasteiger partial charge in [-0.1, -0.05) is 12.1 Å². The Kier molecular flexibility index (Phi) is 4.20. The Morgan fingerprint density at radius 3 is 2.42 bits per heavy atom. The summed E-state index contributed by atoms with van der Waals surface area (Å²) in [6.45, 7) is 3.31. The van der Waals surface area contributed by atoms with Crippen molar-refractivity contribution in [2.45, 2.75) is 30.7 Å². The molecule has 2 N–H and O–H groups in total. The molecule has 2 amide bonds. The number of benzene rings is 2. The highest BCUT2D eigenvalue weighted by atomic mass is 32.2. The van der Waals surface area contributed by atoms with E-state index in [2.05, 4.69) is 15.5 Å². The number of carbonyl (C=O) groups excluding carboxylic acids is 2. The fourth-order valence-corrected chi connectivity index (χ4v) is 5.07. The molecule has 2 unspecified atom stereocenters. The van der Waals surface area contributed by atoms with Crippen LogP contribution in [0, 0.1) is 11.6 Å². The lowest BCUT2D eigenvalue weighted by molar-refractivity contribution is -0.131. The van der Waals surface area contributed by atoms with Crippen LogP contribution in [0.25, 0.3) is 10.8 Å². The smallest absolute Gasteiger partial charge is 0.290 e. The van der Waals surface area contributed by atoms with E-state index in [9.17, 15) is 23.2 Å². The van der Waals surface area contributed by atoms with Gasteiger partial charge in [-0.05, 0) is 55.4 Å². The largest absolute Gasteiger partial charge is 0.375 e. The van der Waals surface area contributed by atoms with E-state index in [-0.39, 0.29) is 11.1 Å². The van der Waals surface area contributed by atoms with Crippen molar-refractivity contribution in [1.29, 1.82) is 0 Å². The van der Waals surface area contributed by atoms with Crippen LogP contribution >= 0.6 is 11.8 Å². The molecule has 0 radical (unpaired) electrons. The summed E-state index contributed by atoms with van der Waals surface area (Å²) in [6.07, 6.45) is 0. The molecule has 2 aliphatic rings. The summed E-state index contributed by atoms with van der Waals surface area (Å²) in [5.41, 5.74) is 0.546. The fourth-order valence-electron chi connectivity index (χ4n) is 4.15. The number of H-pyrrole nitrogens is 1. The number of nitrogens with zero attached hydrogens (tertiary/aromatic N) is 2. The van der Waals surface area contributed by atoms with Crippen LogP contribution in [0.5, 0.6) is 0 Å². The Hall–Kier alpha value is -3.27. The number of aromatic nitrogens is 2. The lowest BCUT2D eigenvalue weighted by Crippen LogP contribution is -2.44. The van der Waals surface area contributed by atoms with E-state index in [4.69, 9.17) is 0 Å². The second-order valence-electron chi connectivity index (χ2n) is 7.99. The minimum Gasteiger partial charge on any atom is -0.375 e. The third-order valence-corrected chi connectivity index (χ3v) is 6.63. The van der Waals surface area contributed by atoms with Crippen molar-refractivity contribution < 1.29 is 18.4 Å². The molecule has 0 spiro atoms. The van der Waals surface area contributed by atoms with Gasteiger partial charge in [-0.2, -0.15) is 5.10 Å². The normalized spacial score (nSPS) is 22.1. The first-order valence-electron chi connectivity index (χ1n) is 9.48. The van der Waals surface area contributed by atoms with Gasteiger partial charge in [0.15, 0.2) is 0 Å². The highest BCUT2D eigenvalue weighted by molar-refractivity contribution is 8.16. The quantitative estimate of drug-likeness (QED) is 0.625. The average Bonchev–Trinajstić information content (AvgIpc) is 2.91. The summed E-state index contributed by atoms with van der Waals surface area (Å²) >= 11 is 0.899. The molecule has 2 atom stereocenters. The first-order chi connectivity index (χ1) is 14.7. The van der Waals surface area contributed by atoms with Crippen molar-refractivity contribution in [1.82, 2.24) is 15.1 Å². The highest BCUT2D eigenvalue weighted by Crippen LogP contribution is 2.50. The van der Waals surface area contributed by atoms with E-state index in [1.165, 1.54) is 30.3 Å². The van der Waals surface area contributed by atoms with Gasteiger partial charge in [0.05, 0.1) is 21.9 Å². The van der Waals surface area contributed by atoms with E-state index in [1.807, 2.05) is 0 Å². The maximum atomic E-state index is 14.2. The lowest BCUT2D eigenvalue weighted by Gasteiger charge is -2.38. The second-order valence-corrected chi connectivity index (χ2v) is 9.56. The van der Waals surface area contributed by atoms with E-state index < -0.39 is 45.2 Å². The van der Waals surface area contributed by atoms with E-state index in [0.29, 0.717) is 16.6 Å². The zero-order valence-electron chi connectivity index (χ0n) is 16.4. The third kappa shape index (κ3) is 2.93. The number of hydrogen-bond donors (Lipinski definition) is 2. The molecule has 0 bridgehead atoms. The Morgan fingerprint density at radius 1 is 1.06 bits per heavy atom. The van der Waals surface area contributed by atoms with Gasteiger partial charge in [-0.3, -0.25) is 19.3 Å².